The molecule has 13 aromatic rings. The molecule has 9 aromatic carbocycles. The van der Waals surface area contributed by atoms with Gasteiger partial charge in [-0.3, -0.25) is 0 Å². The van der Waals surface area contributed by atoms with E-state index in [4.69, 9.17) is 6.85 Å². The molecule has 13 rings (SSSR count). The number of aromatic nitrogens is 2. The van der Waals surface area contributed by atoms with Crippen LogP contribution < -0.4 is 0 Å². The molecule has 58 heavy (non-hydrogen) atoms. The van der Waals surface area contributed by atoms with E-state index in [1.54, 1.807) is 11.3 Å². The van der Waals surface area contributed by atoms with Crippen LogP contribution in [0.5, 0.6) is 0 Å². The Bertz CT molecular complexity index is 4090. The van der Waals surface area contributed by atoms with E-state index >= 15 is 0 Å². The average Bonchev–Trinajstić information content (AvgIpc) is 4.07. The van der Waals surface area contributed by atoms with E-state index in [0.29, 0.717) is 5.56 Å². The molecule has 4 heterocycles. The maximum absolute atomic E-state index is 8.73. The van der Waals surface area contributed by atoms with Gasteiger partial charge in [-0.05, 0) is 95.1 Å². The maximum Gasteiger partial charge on any atom is 0.0629 e. The normalized spacial score (nSPS) is 13.3. The molecule has 0 saturated heterocycles. The van der Waals surface area contributed by atoms with Crippen molar-refractivity contribution in [1.82, 2.24) is 9.13 Å². The van der Waals surface area contributed by atoms with Crippen molar-refractivity contribution in [3.8, 4) is 33.6 Å². The van der Waals surface area contributed by atoms with E-state index in [-0.39, 0.29) is 35.8 Å². The van der Waals surface area contributed by atoms with Gasteiger partial charge in [-0.15, -0.1) is 22.7 Å². The molecule has 0 aliphatic carbocycles. The van der Waals surface area contributed by atoms with Crippen molar-refractivity contribution < 1.29 is 6.85 Å². The zero-order chi connectivity index (χ0) is 42.2. The zero-order valence-corrected chi connectivity index (χ0v) is 32.4. The monoisotopic (exact) mass is 777 g/mol. The van der Waals surface area contributed by atoms with Crippen LogP contribution in [0.2, 0.25) is 0 Å². The molecule has 0 amide bonds. The Balaban J connectivity index is 0.961. The first-order valence-electron chi connectivity index (χ1n) is 21.8. The fourth-order valence-corrected chi connectivity index (χ4v) is 11.6. The van der Waals surface area contributed by atoms with E-state index in [2.05, 4.69) is 155 Å². The molecule has 4 aromatic heterocycles. The third kappa shape index (κ3) is 4.58. The standard InChI is InChI=1S/C54H32N2S2/c1-2-12-33(13-3-1)37-17-10-22-50-53(37)41-27-26-36(32-52(41)58-50)55-44-18-7-4-14-38(44)42-30-34(24-28-46(42)55)35-25-29-47-43(31-35)39-15-5-8-19-45(39)56(47)48-20-11-23-51-54(48)40-16-6-9-21-49(40)57-51/h1-32H/i1D,2D,3D,12D,13D. The van der Waals surface area contributed by atoms with Gasteiger partial charge in [0.2, 0.25) is 0 Å². The summed E-state index contributed by atoms with van der Waals surface area (Å²) in [7, 11) is 0. The largest absolute Gasteiger partial charge is 0.309 e. The van der Waals surface area contributed by atoms with Crippen LogP contribution in [-0.2, 0) is 0 Å². The van der Waals surface area contributed by atoms with Gasteiger partial charge in [-0.1, -0.05) is 121 Å². The number of rotatable bonds is 4. The van der Waals surface area contributed by atoms with Crippen molar-refractivity contribution in [3.05, 3.63) is 194 Å². The smallest absolute Gasteiger partial charge is 0.0629 e. The summed E-state index contributed by atoms with van der Waals surface area (Å²) in [6.45, 7) is 0. The molecule has 270 valence electrons. The van der Waals surface area contributed by atoms with Crippen LogP contribution in [0.4, 0.5) is 0 Å². The third-order valence-electron chi connectivity index (χ3n) is 11.8. The summed E-state index contributed by atoms with van der Waals surface area (Å²) >= 11 is 3.50. The topological polar surface area (TPSA) is 9.86 Å². The minimum atomic E-state index is -0.388. The van der Waals surface area contributed by atoms with Gasteiger partial charge < -0.3 is 9.13 Å². The fraction of sp³-hybridized carbons (Fsp3) is 0. The van der Waals surface area contributed by atoms with E-state index in [0.717, 1.165) is 48.0 Å². The second-order valence-electron chi connectivity index (χ2n) is 14.9. The lowest BCUT2D eigenvalue weighted by molar-refractivity contribution is 1.19. The SMILES string of the molecule is [2H]c1c([2H])c([2H])c(-c2cccc3sc4cc(-n5c6ccccc6c6cc(-c7ccc8c(c7)c7ccccc7n8-c7cccc8sc9ccccc9c78)ccc65)ccc4c23)c([2H])c1[2H]. The van der Waals surface area contributed by atoms with Gasteiger partial charge in [0.05, 0.1) is 34.6 Å². The second-order valence-corrected chi connectivity index (χ2v) is 17.0. The van der Waals surface area contributed by atoms with Gasteiger partial charge in [0, 0.05) is 67.6 Å². The van der Waals surface area contributed by atoms with Crippen LogP contribution in [0.1, 0.15) is 6.85 Å². The Morgan fingerprint density at radius 1 is 0.362 bits per heavy atom. The van der Waals surface area contributed by atoms with Crippen molar-refractivity contribution in [1.29, 1.82) is 0 Å². The van der Waals surface area contributed by atoms with E-state index in [1.807, 2.05) is 29.5 Å². The Labute approximate surface area is 348 Å². The summed E-state index contributed by atoms with van der Waals surface area (Å²) in [5.41, 5.74) is 9.98. The lowest BCUT2D eigenvalue weighted by atomic mass is 9.99. The number of fused-ring (bicyclic) bond motifs is 12. The first kappa shape index (κ1) is 27.6. The van der Waals surface area contributed by atoms with Crippen molar-refractivity contribution in [2.24, 2.45) is 0 Å². The summed E-state index contributed by atoms with van der Waals surface area (Å²) in [5, 5.41) is 9.23. The predicted molar refractivity (Wildman–Crippen MR) is 252 cm³/mol. The van der Waals surface area contributed by atoms with Gasteiger partial charge in [-0.25, -0.2) is 0 Å². The molecule has 0 atom stereocenters. The van der Waals surface area contributed by atoms with Gasteiger partial charge in [0.15, 0.2) is 0 Å². The maximum atomic E-state index is 8.73. The molecule has 0 radical (unpaired) electrons. The van der Waals surface area contributed by atoms with Crippen LogP contribution in [0.15, 0.2) is 194 Å². The molecule has 0 aliphatic heterocycles. The summed E-state index contributed by atoms with van der Waals surface area (Å²) < 4.78 is 51.7. The number of para-hydroxylation sites is 2. The molecule has 0 N–H and O–H groups in total. The van der Waals surface area contributed by atoms with Crippen molar-refractivity contribution >= 4 is 107 Å². The van der Waals surface area contributed by atoms with Crippen molar-refractivity contribution in [3.63, 3.8) is 0 Å². The number of benzene rings is 9. The fourth-order valence-electron chi connectivity index (χ4n) is 9.33. The average molecular weight is 778 g/mol. The molecule has 0 fully saturated rings. The Hall–Kier alpha value is -6.98. The molecular weight excluding hydrogens is 741 g/mol. The molecule has 4 heteroatoms. The molecular formula is C54H32N2S2. The van der Waals surface area contributed by atoms with Crippen LogP contribution in [0, 0.1) is 0 Å². The molecule has 0 saturated carbocycles. The quantitative estimate of drug-likeness (QED) is 0.168. The van der Waals surface area contributed by atoms with Crippen LogP contribution in [0.3, 0.4) is 0 Å². The van der Waals surface area contributed by atoms with Crippen LogP contribution in [0.25, 0.3) is 118 Å². The molecule has 0 spiro atoms. The van der Waals surface area contributed by atoms with Crippen molar-refractivity contribution in [2.45, 2.75) is 0 Å². The highest BCUT2D eigenvalue weighted by atomic mass is 32.1. The lowest BCUT2D eigenvalue weighted by Crippen LogP contribution is -1.94. The lowest BCUT2D eigenvalue weighted by Gasteiger charge is -2.11. The Morgan fingerprint density at radius 3 is 1.69 bits per heavy atom. The number of hydrogen-bond acceptors (Lipinski definition) is 2. The summed E-state index contributed by atoms with van der Waals surface area (Å²) in [5.74, 6) is 0. The highest BCUT2D eigenvalue weighted by molar-refractivity contribution is 7.26. The summed E-state index contributed by atoms with van der Waals surface area (Å²) in [4.78, 5) is 0. The number of thiophene rings is 2. The highest BCUT2D eigenvalue weighted by Gasteiger charge is 2.19. The molecule has 2 nitrogen and oxygen atoms in total. The summed E-state index contributed by atoms with van der Waals surface area (Å²) in [6, 6.07) is 57.3. The van der Waals surface area contributed by atoms with Gasteiger partial charge in [0.1, 0.15) is 0 Å². The number of hydrogen-bond donors (Lipinski definition) is 0. The highest BCUT2D eigenvalue weighted by Crippen LogP contribution is 2.44. The van der Waals surface area contributed by atoms with E-state index in [1.165, 1.54) is 58.4 Å². The first-order valence-corrected chi connectivity index (χ1v) is 21.0. The zero-order valence-electron chi connectivity index (χ0n) is 35.8. The third-order valence-corrected chi connectivity index (χ3v) is 14.1. The molecule has 0 bridgehead atoms. The summed E-state index contributed by atoms with van der Waals surface area (Å²) in [6.07, 6.45) is 0. The first-order chi connectivity index (χ1) is 30.8. The minimum absolute atomic E-state index is 0.193. The Kier molecular flexibility index (Phi) is 5.83. The molecule has 0 unspecified atom stereocenters. The van der Waals surface area contributed by atoms with Crippen molar-refractivity contribution in [2.75, 3.05) is 0 Å². The van der Waals surface area contributed by atoms with Gasteiger partial charge >= 0.3 is 0 Å². The van der Waals surface area contributed by atoms with Crippen LogP contribution in [-0.4, -0.2) is 9.13 Å². The van der Waals surface area contributed by atoms with Gasteiger partial charge in [0.25, 0.3) is 0 Å². The van der Waals surface area contributed by atoms with Crippen LogP contribution >= 0.6 is 22.7 Å². The second kappa shape index (κ2) is 12.3. The Morgan fingerprint density at radius 2 is 0.931 bits per heavy atom. The molecule has 0 aliphatic rings. The van der Waals surface area contributed by atoms with E-state index < -0.39 is 0 Å². The van der Waals surface area contributed by atoms with E-state index in [9.17, 15) is 0 Å². The minimum Gasteiger partial charge on any atom is -0.309 e. The number of nitrogens with zero attached hydrogens (tertiary/aromatic N) is 2. The van der Waals surface area contributed by atoms with Gasteiger partial charge in [-0.2, -0.15) is 0 Å². The predicted octanol–water partition coefficient (Wildman–Crippen LogP) is 16.0.